The summed E-state index contributed by atoms with van der Waals surface area (Å²) in [7, 11) is 0. The van der Waals surface area contributed by atoms with Crippen LogP contribution in [0.5, 0.6) is 0 Å². The Morgan fingerprint density at radius 1 is 1.28 bits per heavy atom. The van der Waals surface area contributed by atoms with E-state index >= 15 is 0 Å². The predicted molar refractivity (Wildman–Crippen MR) is 119 cm³/mol. The number of hydrogen-bond acceptors (Lipinski definition) is 6. The fraction of sp³-hybridized carbons (Fsp3) is 0.476. The van der Waals surface area contributed by atoms with Gasteiger partial charge in [0.15, 0.2) is 0 Å². The molecule has 0 aliphatic heterocycles. The highest BCUT2D eigenvalue weighted by Gasteiger charge is 2.16. The van der Waals surface area contributed by atoms with E-state index in [9.17, 15) is 14.0 Å². The van der Waals surface area contributed by atoms with Crippen LogP contribution in [0.15, 0.2) is 29.6 Å². The van der Waals surface area contributed by atoms with Gasteiger partial charge < -0.3 is 10.1 Å². The van der Waals surface area contributed by atoms with Gasteiger partial charge in [0.25, 0.3) is 5.91 Å². The van der Waals surface area contributed by atoms with Crippen LogP contribution in [-0.2, 0) is 16.0 Å². The van der Waals surface area contributed by atoms with Gasteiger partial charge in [0.2, 0.25) is 0 Å². The molecule has 0 saturated heterocycles. The highest BCUT2D eigenvalue weighted by molar-refractivity contribution is 7.80. The van der Waals surface area contributed by atoms with E-state index < -0.39 is 11.1 Å². The Bertz CT molecular complexity index is 784. The predicted octanol–water partition coefficient (Wildman–Crippen LogP) is 5.07. The summed E-state index contributed by atoms with van der Waals surface area (Å²) in [5.74, 6) is -0.615. The number of ether oxygens (including phenoxy) is 1. The lowest BCUT2D eigenvalue weighted by Gasteiger charge is -2.14. The van der Waals surface area contributed by atoms with E-state index in [0.717, 1.165) is 11.3 Å². The van der Waals surface area contributed by atoms with Crippen molar-refractivity contribution >= 4 is 35.8 Å². The van der Waals surface area contributed by atoms with Gasteiger partial charge in [0.05, 0.1) is 12.1 Å². The minimum Gasteiger partial charge on any atom is -0.452 e. The third-order valence-corrected chi connectivity index (χ3v) is 4.55. The Kier molecular flexibility index (Phi) is 10.3. The molecule has 1 heterocycles. The van der Waals surface area contributed by atoms with Gasteiger partial charge in [-0.05, 0) is 39.3 Å². The minimum atomic E-state index is -1.31. The van der Waals surface area contributed by atoms with Gasteiger partial charge >= 0.3 is 5.97 Å². The lowest BCUT2D eigenvalue weighted by Crippen LogP contribution is -2.28. The van der Waals surface area contributed by atoms with Crippen molar-refractivity contribution in [2.75, 3.05) is 6.54 Å². The largest absolute Gasteiger partial charge is 0.452 e. The Morgan fingerprint density at radius 2 is 1.90 bits per heavy atom. The molecular weight excluding hydrogens is 411 g/mol. The average molecular weight is 441 g/mol. The van der Waals surface area contributed by atoms with E-state index in [1.807, 2.05) is 19.2 Å². The molecule has 0 spiro atoms. The molecule has 8 heteroatoms. The van der Waals surface area contributed by atoms with E-state index in [-0.39, 0.29) is 31.3 Å². The quantitative estimate of drug-likeness (QED) is 0.342. The zero-order valence-electron chi connectivity index (χ0n) is 17.5. The Labute approximate surface area is 181 Å². The molecule has 160 valence electrons. The van der Waals surface area contributed by atoms with Crippen LogP contribution >= 0.6 is 24.0 Å². The summed E-state index contributed by atoms with van der Waals surface area (Å²) in [6, 6.07) is 6.98. The normalized spacial score (nSPS) is 11.8. The molecule has 1 amide bonds. The zero-order chi connectivity index (χ0) is 22.0. The van der Waals surface area contributed by atoms with Crippen LogP contribution in [0.3, 0.4) is 0 Å². The third kappa shape index (κ3) is 9.41. The van der Waals surface area contributed by atoms with Crippen molar-refractivity contribution in [1.29, 1.82) is 0 Å². The number of alkyl halides is 1. The number of hydrogen-bond donors (Lipinski definition) is 2. The summed E-state index contributed by atoms with van der Waals surface area (Å²) >= 11 is 5.39. The third-order valence-electron chi connectivity index (χ3n) is 3.60. The molecule has 1 aromatic carbocycles. The van der Waals surface area contributed by atoms with Crippen molar-refractivity contribution in [2.45, 2.75) is 58.6 Å². The second-order valence-electron chi connectivity index (χ2n) is 6.69. The number of esters is 1. The first-order valence-electron chi connectivity index (χ1n) is 9.53. The Balaban J connectivity index is 0.00000204. The Hall–Kier alpha value is -1.93. The van der Waals surface area contributed by atoms with Crippen molar-refractivity contribution in [1.82, 2.24) is 10.3 Å². The van der Waals surface area contributed by atoms with Crippen LogP contribution in [0.1, 0.15) is 56.4 Å². The van der Waals surface area contributed by atoms with Crippen molar-refractivity contribution in [2.24, 2.45) is 0 Å². The molecule has 0 radical (unpaired) electrons. The molecule has 1 unspecified atom stereocenters. The number of rotatable bonds is 8. The second kappa shape index (κ2) is 11.9. The van der Waals surface area contributed by atoms with E-state index in [2.05, 4.69) is 22.9 Å². The molecule has 0 aliphatic rings. The first kappa shape index (κ1) is 25.1. The maximum absolute atomic E-state index is 13.4. The number of carbonyl (C=O) groups is 2. The van der Waals surface area contributed by atoms with Gasteiger partial charge in [-0.2, -0.15) is 0 Å². The molecule has 5 nitrogen and oxygen atoms in total. The SMILES string of the molecule is CC.CC(S)OC(=O)Cc1nc(-c2ccc(C(=O)NCCC(C)(C)F)cc2)cs1. The van der Waals surface area contributed by atoms with E-state index in [1.165, 1.54) is 25.2 Å². The molecule has 0 bridgehead atoms. The average Bonchev–Trinajstić information content (AvgIpc) is 3.10. The maximum Gasteiger partial charge on any atom is 0.313 e. The molecule has 0 fully saturated rings. The van der Waals surface area contributed by atoms with E-state index in [4.69, 9.17) is 4.74 Å². The highest BCUT2D eigenvalue weighted by atomic mass is 32.1. The summed E-state index contributed by atoms with van der Waals surface area (Å²) in [4.78, 5) is 28.2. The van der Waals surface area contributed by atoms with E-state index in [0.29, 0.717) is 10.6 Å². The lowest BCUT2D eigenvalue weighted by molar-refractivity contribution is -0.143. The van der Waals surface area contributed by atoms with Gasteiger partial charge in [0.1, 0.15) is 16.1 Å². The smallest absolute Gasteiger partial charge is 0.313 e. The standard InChI is InChI=1S/C19H23FN2O3S2.C2H6/c1-12(26)25-17(23)10-16-22-15(11-27-16)13-4-6-14(7-5-13)18(24)21-9-8-19(2,3)20;1-2/h4-7,11-12,26H,8-10H2,1-3H3,(H,21,24);1-2H3. The number of thiol groups is 1. The molecule has 29 heavy (non-hydrogen) atoms. The van der Waals surface area contributed by atoms with Crippen LogP contribution in [0.4, 0.5) is 4.39 Å². The molecule has 1 N–H and O–H groups in total. The van der Waals surface area contributed by atoms with Crippen molar-refractivity contribution < 1.29 is 18.7 Å². The van der Waals surface area contributed by atoms with Gasteiger partial charge in [0, 0.05) is 23.1 Å². The van der Waals surface area contributed by atoms with Crippen LogP contribution in [-0.4, -0.2) is 34.5 Å². The Morgan fingerprint density at radius 3 is 2.45 bits per heavy atom. The molecule has 1 aromatic heterocycles. The number of aromatic nitrogens is 1. The summed E-state index contributed by atoms with van der Waals surface area (Å²) in [6.07, 6.45) is 0.355. The van der Waals surface area contributed by atoms with Gasteiger partial charge in [-0.3, -0.25) is 9.59 Å². The number of carbonyl (C=O) groups excluding carboxylic acids is 2. The van der Waals surface area contributed by atoms with Crippen LogP contribution in [0.2, 0.25) is 0 Å². The minimum absolute atomic E-state index is 0.0982. The number of amides is 1. The number of thiazole rings is 1. The summed E-state index contributed by atoms with van der Waals surface area (Å²) in [5, 5.41) is 5.21. The van der Waals surface area contributed by atoms with Crippen molar-refractivity contribution in [3.05, 3.63) is 40.2 Å². The molecule has 2 aromatic rings. The summed E-state index contributed by atoms with van der Waals surface area (Å²) < 4.78 is 18.4. The van der Waals surface area contributed by atoms with Gasteiger partial charge in [-0.15, -0.1) is 24.0 Å². The molecule has 1 atom stereocenters. The fourth-order valence-electron chi connectivity index (χ4n) is 2.25. The van der Waals surface area contributed by atoms with Gasteiger partial charge in [-0.25, -0.2) is 9.37 Å². The monoisotopic (exact) mass is 440 g/mol. The van der Waals surface area contributed by atoms with Crippen LogP contribution < -0.4 is 5.32 Å². The highest BCUT2D eigenvalue weighted by Crippen LogP contribution is 2.23. The fourth-order valence-corrected chi connectivity index (χ4v) is 3.15. The topological polar surface area (TPSA) is 68.3 Å². The molecule has 2 rings (SSSR count). The zero-order valence-corrected chi connectivity index (χ0v) is 19.2. The molecule has 0 saturated carbocycles. The number of halogens is 1. The summed E-state index contributed by atoms with van der Waals surface area (Å²) in [6.45, 7) is 8.91. The first-order chi connectivity index (χ1) is 13.6. The number of nitrogens with one attached hydrogen (secondary N) is 1. The molecular formula is C21H29FN2O3S2. The molecule has 0 aliphatic carbocycles. The van der Waals surface area contributed by atoms with Crippen LogP contribution in [0, 0.1) is 0 Å². The van der Waals surface area contributed by atoms with E-state index in [1.54, 1.807) is 31.2 Å². The number of nitrogens with zero attached hydrogens (tertiary/aromatic N) is 1. The van der Waals surface area contributed by atoms with Gasteiger partial charge in [-0.1, -0.05) is 26.0 Å². The van der Waals surface area contributed by atoms with Crippen LogP contribution in [0.25, 0.3) is 11.3 Å². The van der Waals surface area contributed by atoms with Crippen molar-refractivity contribution in [3.8, 4) is 11.3 Å². The summed E-state index contributed by atoms with van der Waals surface area (Å²) in [5.41, 5.74) is 0.308. The maximum atomic E-state index is 13.4. The first-order valence-corrected chi connectivity index (χ1v) is 10.9. The lowest BCUT2D eigenvalue weighted by atomic mass is 10.1. The van der Waals surface area contributed by atoms with Crippen molar-refractivity contribution in [3.63, 3.8) is 0 Å². The second-order valence-corrected chi connectivity index (χ2v) is 8.36. The number of benzene rings is 1.